The fourth-order valence-corrected chi connectivity index (χ4v) is 5.11. The van der Waals surface area contributed by atoms with Crippen LogP contribution in [0.2, 0.25) is 0 Å². The Balaban J connectivity index is 1.46. The summed E-state index contributed by atoms with van der Waals surface area (Å²) in [5.74, 6) is -1.42. The van der Waals surface area contributed by atoms with Gasteiger partial charge in [-0.05, 0) is 62.4 Å². The minimum atomic E-state index is -1.74. The molecule has 2 aromatic rings. The predicted molar refractivity (Wildman–Crippen MR) is 129 cm³/mol. The van der Waals surface area contributed by atoms with Crippen molar-refractivity contribution in [2.45, 2.75) is 75.0 Å². The summed E-state index contributed by atoms with van der Waals surface area (Å²) in [5.41, 5.74) is 3.42. The molecule has 1 aliphatic heterocycles. The van der Waals surface area contributed by atoms with Crippen LogP contribution in [0.25, 0.3) is 0 Å². The van der Waals surface area contributed by atoms with Gasteiger partial charge in [-0.25, -0.2) is 4.79 Å². The largest absolute Gasteiger partial charge is 0.479 e. The van der Waals surface area contributed by atoms with E-state index in [0.717, 1.165) is 43.4 Å². The van der Waals surface area contributed by atoms with E-state index < -0.39 is 42.8 Å². The summed E-state index contributed by atoms with van der Waals surface area (Å²) < 4.78 is 11.6. The summed E-state index contributed by atoms with van der Waals surface area (Å²) in [7, 11) is 2.11. The van der Waals surface area contributed by atoms with E-state index in [9.17, 15) is 25.2 Å². The van der Waals surface area contributed by atoms with Gasteiger partial charge in [0, 0.05) is 6.04 Å². The normalized spacial score (nSPS) is 31.1. The van der Waals surface area contributed by atoms with Gasteiger partial charge >= 0.3 is 5.97 Å². The summed E-state index contributed by atoms with van der Waals surface area (Å²) >= 11 is 0. The van der Waals surface area contributed by atoms with Crippen LogP contribution in [-0.4, -0.2) is 81.6 Å². The molecule has 0 spiro atoms. The summed E-state index contributed by atoms with van der Waals surface area (Å²) in [6, 6.07) is 18.5. The predicted octanol–water partition coefficient (Wildman–Crippen LogP) is 1.91. The highest BCUT2D eigenvalue weighted by atomic mass is 16.7. The second kappa shape index (κ2) is 11.6. The fourth-order valence-electron chi connectivity index (χ4n) is 5.11. The lowest BCUT2D eigenvalue weighted by atomic mass is 9.97. The molecule has 8 nitrogen and oxygen atoms in total. The van der Waals surface area contributed by atoms with E-state index >= 15 is 0 Å². The number of carboxylic acids is 1. The summed E-state index contributed by atoms with van der Waals surface area (Å²) in [6.45, 7) is 0.914. The molecule has 4 N–H and O–H groups in total. The van der Waals surface area contributed by atoms with Crippen LogP contribution >= 0.6 is 0 Å². The molecule has 2 unspecified atom stereocenters. The Morgan fingerprint density at radius 3 is 2.49 bits per heavy atom. The van der Waals surface area contributed by atoms with E-state index in [1.807, 2.05) is 24.3 Å². The Morgan fingerprint density at radius 2 is 1.74 bits per heavy atom. The maximum absolute atomic E-state index is 11.5. The molecular formula is C27H35NO7. The van der Waals surface area contributed by atoms with E-state index in [-0.39, 0.29) is 6.04 Å². The number of rotatable bonds is 8. The number of aryl methyl sites for hydroxylation is 2. The zero-order chi connectivity index (χ0) is 24.9. The number of nitrogens with zero attached hydrogens (tertiary/aromatic N) is 1. The van der Waals surface area contributed by atoms with E-state index in [1.165, 1.54) is 5.56 Å². The number of aliphatic hydroxyl groups excluding tert-OH is 3. The van der Waals surface area contributed by atoms with Gasteiger partial charge in [-0.2, -0.15) is 0 Å². The zero-order valence-corrected chi connectivity index (χ0v) is 19.9. The van der Waals surface area contributed by atoms with Crippen molar-refractivity contribution in [3.63, 3.8) is 0 Å². The Kier molecular flexibility index (Phi) is 8.54. The first-order valence-corrected chi connectivity index (χ1v) is 12.2. The summed E-state index contributed by atoms with van der Waals surface area (Å²) in [4.78, 5) is 13.8. The molecule has 1 heterocycles. The lowest BCUT2D eigenvalue weighted by Gasteiger charge is -2.40. The van der Waals surface area contributed by atoms with Gasteiger partial charge in [-0.15, -0.1) is 0 Å². The van der Waals surface area contributed by atoms with Crippen LogP contribution in [0.5, 0.6) is 0 Å². The lowest BCUT2D eigenvalue weighted by molar-refractivity contribution is -0.306. The highest BCUT2D eigenvalue weighted by Crippen LogP contribution is 2.36. The van der Waals surface area contributed by atoms with Crippen molar-refractivity contribution < 1.29 is 34.7 Å². The molecule has 8 heteroatoms. The molecular weight excluding hydrogens is 450 g/mol. The third-order valence-corrected chi connectivity index (χ3v) is 7.19. The zero-order valence-electron chi connectivity index (χ0n) is 19.9. The number of hydrogen-bond donors (Lipinski definition) is 4. The van der Waals surface area contributed by atoms with Crippen LogP contribution in [0, 0.1) is 0 Å². The smallest absolute Gasteiger partial charge is 0.335 e. The van der Waals surface area contributed by atoms with Crippen LogP contribution in [0.4, 0.5) is 0 Å². The first-order valence-electron chi connectivity index (χ1n) is 12.2. The van der Waals surface area contributed by atoms with Gasteiger partial charge in [0.2, 0.25) is 0 Å². The molecule has 0 aromatic heterocycles. The van der Waals surface area contributed by atoms with Gasteiger partial charge in [-0.1, -0.05) is 54.6 Å². The Bertz CT molecular complexity index is 971. The number of aliphatic carboxylic acids is 1. The van der Waals surface area contributed by atoms with Gasteiger partial charge in [0.05, 0.1) is 6.10 Å². The average Bonchev–Trinajstić information content (AvgIpc) is 3.04. The molecule has 1 saturated heterocycles. The molecule has 0 amide bonds. The van der Waals surface area contributed by atoms with Crippen molar-refractivity contribution in [1.82, 2.24) is 4.90 Å². The number of carbonyl (C=O) groups is 1. The minimum absolute atomic E-state index is 0.203. The molecule has 1 fully saturated rings. The van der Waals surface area contributed by atoms with Gasteiger partial charge in [0.1, 0.15) is 18.3 Å². The second-order valence-electron chi connectivity index (χ2n) is 9.56. The maximum Gasteiger partial charge on any atom is 0.335 e. The fraction of sp³-hybridized carbons (Fsp3) is 0.519. The number of carboxylic acid groups (broad SMARTS) is 1. The SMILES string of the molecule is CN(CCCc1ccccc1)C1CCc2ccccc2C(O[C@@H]2O[C@H](C(=O)O)[C@@H](O)[C@H](O)[C@H]2O)C1. The lowest BCUT2D eigenvalue weighted by Crippen LogP contribution is -2.60. The molecule has 1 aliphatic carbocycles. The molecule has 7 atom stereocenters. The molecule has 35 heavy (non-hydrogen) atoms. The van der Waals surface area contributed by atoms with Crippen LogP contribution < -0.4 is 0 Å². The highest BCUT2D eigenvalue weighted by molar-refractivity contribution is 5.73. The maximum atomic E-state index is 11.5. The van der Waals surface area contributed by atoms with Crippen LogP contribution in [-0.2, 0) is 27.1 Å². The van der Waals surface area contributed by atoms with Gasteiger partial charge in [-0.3, -0.25) is 0 Å². The van der Waals surface area contributed by atoms with E-state index in [0.29, 0.717) is 6.42 Å². The van der Waals surface area contributed by atoms with Crippen LogP contribution in [0.3, 0.4) is 0 Å². The van der Waals surface area contributed by atoms with Crippen molar-refractivity contribution >= 4 is 5.97 Å². The van der Waals surface area contributed by atoms with Crippen molar-refractivity contribution in [1.29, 1.82) is 0 Å². The highest BCUT2D eigenvalue weighted by Gasteiger charge is 2.48. The standard InChI is InChI=1S/C27H35NO7/c1-28(15-7-10-17-8-3-2-4-9-17)19-14-13-18-11-5-6-12-20(18)21(16-19)34-27-24(31)22(29)23(30)25(35-27)26(32)33/h2-6,8-9,11-12,19,21-25,27,29-31H,7,10,13-16H2,1H3,(H,32,33)/t19?,21?,22-,23-,24+,25-,27+/m0/s1. The quantitative estimate of drug-likeness (QED) is 0.419. The third kappa shape index (κ3) is 6.09. The number of fused-ring (bicyclic) bond motifs is 1. The monoisotopic (exact) mass is 485 g/mol. The van der Waals surface area contributed by atoms with E-state index in [2.05, 4.69) is 42.3 Å². The van der Waals surface area contributed by atoms with E-state index in [4.69, 9.17) is 9.47 Å². The average molecular weight is 486 g/mol. The number of benzene rings is 2. The summed E-state index contributed by atoms with van der Waals surface area (Å²) in [5, 5.41) is 40.1. The minimum Gasteiger partial charge on any atom is -0.479 e. The number of aliphatic hydroxyl groups is 3. The van der Waals surface area contributed by atoms with Crippen molar-refractivity contribution in [2.75, 3.05) is 13.6 Å². The second-order valence-corrected chi connectivity index (χ2v) is 9.56. The van der Waals surface area contributed by atoms with Gasteiger partial charge in [0.25, 0.3) is 0 Å². The topological polar surface area (TPSA) is 120 Å². The van der Waals surface area contributed by atoms with E-state index in [1.54, 1.807) is 0 Å². The third-order valence-electron chi connectivity index (χ3n) is 7.19. The molecule has 0 saturated carbocycles. The summed E-state index contributed by atoms with van der Waals surface area (Å²) in [6.07, 6.45) is -4.08. The molecule has 0 bridgehead atoms. The van der Waals surface area contributed by atoms with Gasteiger partial charge < -0.3 is 34.8 Å². The molecule has 4 rings (SSSR count). The molecule has 2 aliphatic rings. The Labute approximate surface area is 205 Å². The first-order chi connectivity index (χ1) is 16.8. The molecule has 190 valence electrons. The molecule has 0 radical (unpaired) electrons. The van der Waals surface area contributed by atoms with Gasteiger partial charge in [0.15, 0.2) is 12.4 Å². The van der Waals surface area contributed by atoms with Crippen LogP contribution in [0.1, 0.15) is 42.1 Å². The Morgan fingerprint density at radius 1 is 1.03 bits per heavy atom. The first kappa shape index (κ1) is 25.8. The Hall–Kier alpha value is -2.33. The van der Waals surface area contributed by atoms with Crippen molar-refractivity contribution in [3.05, 3.63) is 71.3 Å². The van der Waals surface area contributed by atoms with Crippen LogP contribution in [0.15, 0.2) is 54.6 Å². The van der Waals surface area contributed by atoms with Crippen molar-refractivity contribution in [2.24, 2.45) is 0 Å². The number of hydrogen-bond acceptors (Lipinski definition) is 7. The number of ether oxygens (including phenoxy) is 2. The molecule has 2 aromatic carbocycles. The van der Waals surface area contributed by atoms with Crippen molar-refractivity contribution in [3.8, 4) is 0 Å².